The van der Waals surface area contributed by atoms with Crippen molar-refractivity contribution in [3.8, 4) is 0 Å². The maximum atomic E-state index is 13.2. The molecule has 1 unspecified atom stereocenters. The molecule has 0 aromatic heterocycles. The molecule has 134 valence electrons. The molecule has 1 rings (SSSR count). The Bertz CT molecular complexity index is 565. The highest BCUT2D eigenvalue weighted by atomic mass is 19.4. The van der Waals surface area contributed by atoms with Gasteiger partial charge in [0.2, 0.25) is 5.91 Å². The number of nitrogens with one attached hydrogen (secondary N) is 1. The van der Waals surface area contributed by atoms with Crippen LogP contribution in [0.4, 0.5) is 13.2 Å². The van der Waals surface area contributed by atoms with Gasteiger partial charge in [-0.25, -0.2) is 4.79 Å². The summed E-state index contributed by atoms with van der Waals surface area (Å²) in [5.74, 6) is -4.16. The molecule has 0 fully saturated rings. The third-order valence-corrected chi connectivity index (χ3v) is 3.44. The molecule has 2 N–H and O–H groups in total. The fourth-order valence-corrected chi connectivity index (χ4v) is 2.36. The van der Waals surface area contributed by atoms with Gasteiger partial charge in [0.1, 0.15) is 6.04 Å². The van der Waals surface area contributed by atoms with Gasteiger partial charge >= 0.3 is 12.1 Å². The SMILES string of the molecule is CC(C)(C)C[C@H](NC(=O)CC(c1ccccc1)C(F)(F)F)C(=O)O. The average Bonchev–Trinajstić information content (AvgIpc) is 2.42. The molecule has 1 amide bonds. The Morgan fingerprint density at radius 3 is 2.08 bits per heavy atom. The zero-order valence-electron chi connectivity index (χ0n) is 13.9. The van der Waals surface area contributed by atoms with Crippen molar-refractivity contribution in [1.29, 1.82) is 0 Å². The number of alkyl halides is 3. The van der Waals surface area contributed by atoms with Crippen molar-refractivity contribution in [2.45, 2.75) is 51.7 Å². The average molecular weight is 345 g/mol. The molecule has 0 saturated carbocycles. The van der Waals surface area contributed by atoms with E-state index >= 15 is 0 Å². The van der Waals surface area contributed by atoms with E-state index in [1.165, 1.54) is 24.3 Å². The molecule has 1 aromatic carbocycles. The van der Waals surface area contributed by atoms with Crippen LogP contribution in [0.5, 0.6) is 0 Å². The summed E-state index contributed by atoms with van der Waals surface area (Å²) >= 11 is 0. The van der Waals surface area contributed by atoms with E-state index in [0.717, 1.165) is 0 Å². The molecular formula is C17H22F3NO3. The third-order valence-electron chi connectivity index (χ3n) is 3.44. The Labute approximate surface area is 139 Å². The molecule has 4 nitrogen and oxygen atoms in total. The third kappa shape index (κ3) is 6.60. The minimum Gasteiger partial charge on any atom is -0.480 e. The summed E-state index contributed by atoms with van der Waals surface area (Å²) in [6.07, 6.45) is -5.32. The van der Waals surface area contributed by atoms with E-state index in [2.05, 4.69) is 5.32 Å². The van der Waals surface area contributed by atoms with Gasteiger partial charge in [-0.05, 0) is 17.4 Å². The molecule has 24 heavy (non-hydrogen) atoms. The number of carbonyl (C=O) groups is 2. The molecule has 0 saturated heterocycles. The van der Waals surface area contributed by atoms with Crippen LogP contribution in [-0.4, -0.2) is 29.2 Å². The number of aliphatic carboxylic acids is 1. The van der Waals surface area contributed by atoms with Gasteiger partial charge in [0, 0.05) is 6.42 Å². The summed E-state index contributed by atoms with van der Waals surface area (Å²) in [5.41, 5.74) is -0.415. The zero-order chi connectivity index (χ0) is 18.5. The minimum atomic E-state index is -4.60. The van der Waals surface area contributed by atoms with Crippen molar-refractivity contribution >= 4 is 11.9 Å². The van der Waals surface area contributed by atoms with Gasteiger partial charge in [-0.3, -0.25) is 4.79 Å². The smallest absolute Gasteiger partial charge is 0.396 e. The molecule has 0 radical (unpaired) electrons. The van der Waals surface area contributed by atoms with Crippen molar-refractivity contribution in [2.24, 2.45) is 5.41 Å². The number of carboxylic acid groups (broad SMARTS) is 1. The highest BCUT2D eigenvalue weighted by molar-refractivity contribution is 5.84. The number of carboxylic acids is 1. The van der Waals surface area contributed by atoms with Gasteiger partial charge in [-0.15, -0.1) is 0 Å². The van der Waals surface area contributed by atoms with Gasteiger partial charge in [-0.1, -0.05) is 51.1 Å². The van der Waals surface area contributed by atoms with E-state index in [9.17, 15) is 22.8 Å². The molecular weight excluding hydrogens is 323 g/mol. The van der Waals surface area contributed by atoms with E-state index in [1.807, 2.05) is 0 Å². The van der Waals surface area contributed by atoms with Crippen LogP contribution < -0.4 is 5.32 Å². The lowest BCUT2D eigenvalue weighted by Gasteiger charge is -2.25. The second kappa shape index (κ2) is 7.68. The van der Waals surface area contributed by atoms with Gasteiger partial charge < -0.3 is 10.4 Å². The monoisotopic (exact) mass is 345 g/mol. The summed E-state index contributed by atoms with van der Waals surface area (Å²) in [7, 11) is 0. The van der Waals surface area contributed by atoms with Gasteiger partial charge in [0.15, 0.2) is 0 Å². The topological polar surface area (TPSA) is 66.4 Å². The van der Waals surface area contributed by atoms with E-state index in [4.69, 9.17) is 5.11 Å². The Hall–Kier alpha value is -2.05. The molecule has 0 aliphatic heterocycles. The number of hydrogen-bond donors (Lipinski definition) is 2. The number of hydrogen-bond acceptors (Lipinski definition) is 2. The number of benzene rings is 1. The number of amides is 1. The van der Waals surface area contributed by atoms with Crippen LogP contribution >= 0.6 is 0 Å². The van der Waals surface area contributed by atoms with Crippen LogP contribution in [0.2, 0.25) is 0 Å². The van der Waals surface area contributed by atoms with Crippen LogP contribution in [0.25, 0.3) is 0 Å². The molecule has 0 aliphatic carbocycles. The first-order valence-electron chi connectivity index (χ1n) is 7.54. The molecule has 1 aromatic rings. The van der Waals surface area contributed by atoms with Crippen LogP contribution in [0.15, 0.2) is 30.3 Å². The predicted octanol–water partition coefficient (Wildman–Crippen LogP) is 3.73. The van der Waals surface area contributed by atoms with E-state index in [1.54, 1.807) is 26.8 Å². The Kier molecular flexibility index (Phi) is 6.40. The standard InChI is InChI=1S/C17H22F3NO3/c1-16(2,3)10-13(15(23)24)21-14(22)9-12(17(18,19)20)11-7-5-4-6-8-11/h4-8,12-13H,9-10H2,1-3H3,(H,21,22)(H,23,24)/t12?,13-/m0/s1. The zero-order valence-corrected chi connectivity index (χ0v) is 13.9. The van der Waals surface area contributed by atoms with Crippen molar-refractivity contribution in [1.82, 2.24) is 5.32 Å². The van der Waals surface area contributed by atoms with Crippen molar-refractivity contribution in [2.75, 3.05) is 0 Å². The summed E-state index contributed by atoms with van der Waals surface area (Å²) in [5, 5.41) is 11.4. The van der Waals surface area contributed by atoms with Crippen LogP contribution in [0.1, 0.15) is 45.1 Å². The lowest BCUT2D eigenvalue weighted by atomic mass is 9.88. The molecule has 0 heterocycles. The Balaban J connectivity index is 2.87. The fourth-order valence-electron chi connectivity index (χ4n) is 2.36. The van der Waals surface area contributed by atoms with E-state index in [0.29, 0.717) is 0 Å². The minimum absolute atomic E-state index is 0.0251. The summed E-state index contributed by atoms with van der Waals surface area (Å²) in [4.78, 5) is 23.2. The quantitative estimate of drug-likeness (QED) is 0.826. The van der Waals surface area contributed by atoms with Crippen LogP contribution in [-0.2, 0) is 9.59 Å². The van der Waals surface area contributed by atoms with E-state index in [-0.39, 0.29) is 17.4 Å². The van der Waals surface area contributed by atoms with E-state index < -0.39 is 36.4 Å². The summed E-state index contributed by atoms with van der Waals surface area (Å²) in [6.45, 7) is 5.37. The number of rotatable bonds is 6. The van der Waals surface area contributed by atoms with Crippen molar-refractivity contribution in [3.05, 3.63) is 35.9 Å². The Morgan fingerprint density at radius 2 is 1.67 bits per heavy atom. The highest BCUT2D eigenvalue weighted by Gasteiger charge is 2.42. The highest BCUT2D eigenvalue weighted by Crippen LogP contribution is 2.37. The maximum Gasteiger partial charge on any atom is 0.396 e. The maximum absolute atomic E-state index is 13.2. The van der Waals surface area contributed by atoms with Gasteiger partial charge in [0.25, 0.3) is 0 Å². The van der Waals surface area contributed by atoms with Crippen molar-refractivity contribution < 1.29 is 27.9 Å². The lowest BCUT2D eigenvalue weighted by Crippen LogP contribution is -2.44. The van der Waals surface area contributed by atoms with Gasteiger partial charge in [0.05, 0.1) is 5.92 Å². The second-order valence-electron chi connectivity index (χ2n) is 6.93. The largest absolute Gasteiger partial charge is 0.480 e. The molecule has 0 aliphatic rings. The molecule has 2 atom stereocenters. The molecule has 7 heteroatoms. The summed E-state index contributed by atoms with van der Waals surface area (Å²) < 4.78 is 39.7. The lowest BCUT2D eigenvalue weighted by molar-refractivity contribution is -0.158. The number of halogens is 3. The van der Waals surface area contributed by atoms with Crippen LogP contribution in [0, 0.1) is 5.41 Å². The Morgan fingerprint density at radius 1 is 1.12 bits per heavy atom. The van der Waals surface area contributed by atoms with Crippen LogP contribution in [0.3, 0.4) is 0 Å². The first-order valence-corrected chi connectivity index (χ1v) is 7.54. The first kappa shape index (κ1) is 20.0. The fraction of sp³-hybridized carbons (Fsp3) is 0.529. The van der Waals surface area contributed by atoms with Gasteiger partial charge in [-0.2, -0.15) is 13.2 Å². The first-order chi connectivity index (χ1) is 10.9. The molecule has 0 bridgehead atoms. The number of carbonyl (C=O) groups excluding carboxylic acids is 1. The normalized spacial score (nSPS) is 14.8. The van der Waals surface area contributed by atoms with Crippen molar-refractivity contribution in [3.63, 3.8) is 0 Å². The predicted molar refractivity (Wildman–Crippen MR) is 83.5 cm³/mol. The summed E-state index contributed by atoms with van der Waals surface area (Å²) in [6, 6.07) is 5.89. The second-order valence-corrected chi connectivity index (χ2v) is 6.93. The molecule has 0 spiro atoms.